The first-order valence-electron chi connectivity index (χ1n) is 7.62. The van der Waals surface area contributed by atoms with Crippen molar-refractivity contribution in [3.05, 3.63) is 24.0 Å². The summed E-state index contributed by atoms with van der Waals surface area (Å²) in [5, 5.41) is 8.02. The average molecular weight is 271 g/mol. The summed E-state index contributed by atoms with van der Waals surface area (Å²) in [4.78, 5) is 6.88. The van der Waals surface area contributed by atoms with Gasteiger partial charge in [0.25, 0.3) is 0 Å². The molecule has 106 valence electrons. The van der Waals surface area contributed by atoms with E-state index in [1.807, 2.05) is 4.52 Å². The van der Waals surface area contributed by atoms with Gasteiger partial charge in [0.15, 0.2) is 5.65 Å². The van der Waals surface area contributed by atoms with E-state index >= 15 is 0 Å². The maximum atomic E-state index is 4.41. The fourth-order valence-corrected chi connectivity index (χ4v) is 3.21. The summed E-state index contributed by atoms with van der Waals surface area (Å²) in [6.45, 7) is 4.38. The van der Waals surface area contributed by atoms with Crippen LogP contribution < -0.4 is 10.2 Å². The fourth-order valence-electron chi connectivity index (χ4n) is 3.21. The minimum Gasteiger partial charge on any atom is -0.352 e. The van der Waals surface area contributed by atoms with Gasteiger partial charge < -0.3 is 10.2 Å². The zero-order valence-corrected chi connectivity index (χ0v) is 11.9. The van der Waals surface area contributed by atoms with Crippen LogP contribution in [0.1, 0.15) is 31.2 Å². The highest BCUT2D eigenvalue weighted by Gasteiger charge is 2.33. The Morgan fingerprint density at radius 3 is 3.00 bits per heavy atom. The smallest absolute Gasteiger partial charge is 0.157 e. The molecular formula is C15H21N5. The second kappa shape index (κ2) is 4.74. The molecular weight excluding hydrogens is 250 g/mol. The number of nitrogens with zero attached hydrogens (tertiary/aromatic N) is 4. The van der Waals surface area contributed by atoms with Crippen molar-refractivity contribution in [2.24, 2.45) is 0 Å². The van der Waals surface area contributed by atoms with E-state index in [0.717, 1.165) is 18.7 Å². The van der Waals surface area contributed by atoms with Crippen LogP contribution in [0.5, 0.6) is 0 Å². The third kappa shape index (κ3) is 2.16. The summed E-state index contributed by atoms with van der Waals surface area (Å²) in [5.74, 6) is 1.20. The minimum atomic E-state index is 0.620. The molecule has 2 fully saturated rings. The third-order valence-electron chi connectivity index (χ3n) is 4.37. The van der Waals surface area contributed by atoms with Gasteiger partial charge >= 0.3 is 0 Å². The molecule has 0 radical (unpaired) electrons. The Morgan fingerprint density at radius 1 is 1.35 bits per heavy atom. The van der Waals surface area contributed by atoms with Crippen molar-refractivity contribution in [3.8, 4) is 0 Å². The second-order valence-electron chi connectivity index (χ2n) is 6.10. The molecule has 1 aliphatic heterocycles. The van der Waals surface area contributed by atoms with E-state index in [2.05, 4.69) is 39.4 Å². The molecule has 1 saturated heterocycles. The maximum absolute atomic E-state index is 4.41. The number of pyridine rings is 1. The molecule has 20 heavy (non-hydrogen) atoms. The Morgan fingerprint density at radius 2 is 2.25 bits per heavy atom. The number of aromatic nitrogens is 3. The fraction of sp³-hybridized carbons (Fsp3) is 0.600. The van der Waals surface area contributed by atoms with Crippen molar-refractivity contribution in [3.63, 3.8) is 0 Å². The highest BCUT2D eigenvalue weighted by atomic mass is 15.4. The normalized spacial score (nSPS) is 22.6. The molecule has 1 N–H and O–H groups in total. The number of nitrogens with one attached hydrogen (secondary N) is 1. The van der Waals surface area contributed by atoms with Gasteiger partial charge in [-0.25, -0.2) is 4.98 Å². The molecule has 0 amide bonds. The Balaban J connectivity index is 1.71. The number of fused-ring (bicyclic) bond motifs is 1. The van der Waals surface area contributed by atoms with E-state index in [-0.39, 0.29) is 0 Å². The Hall–Kier alpha value is -1.62. The van der Waals surface area contributed by atoms with Crippen molar-refractivity contribution < 1.29 is 0 Å². The standard InChI is InChI=1S/C15H21N5/c1-11-7-14-17-10-18-20(14)15(8-11)19(13-4-5-13)9-12-3-2-6-16-12/h7-8,10,12-13,16H,2-6,9H2,1H3. The van der Waals surface area contributed by atoms with Crippen LogP contribution in [0, 0.1) is 6.92 Å². The SMILES string of the molecule is Cc1cc(N(CC2CCCN2)C2CC2)n2ncnc2c1. The average Bonchev–Trinajstić information content (AvgIpc) is 2.96. The van der Waals surface area contributed by atoms with Crippen molar-refractivity contribution >= 4 is 11.5 Å². The van der Waals surface area contributed by atoms with Crippen molar-refractivity contribution in [1.82, 2.24) is 19.9 Å². The summed E-state index contributed by atoms with van der Waals surface area (Å²) in [6.07, 6.45) is 6.84. The number of hydrogen-bond donors (Lipinski definition) is 1. The second-order valence-corrected chi connectivity index (χ2v) is 6.10. The Labute approximate surface area is 119 Å². The lowest BCUT2D eigenvalue weighted by atomic mass is 10.2. The first-order valence-corrected chi connectivity index (χ1v) is 7.62. The van der Waals surface area contributed by atoms with Gasteiger partial charge in [0, 0.05) is 18.6 Å². The maximum Gasteiger partial charge on any atom is 0.157 e. The molecule has 2 aliphatic rings. The van der Waals surface area contributed by atoms with Gasteiger partial charge in [-0.05, 0) is 56.8 Å². The van der Waals surface area contributed by atoms with E-state index < -0.39 is 0 Å². The summed E-state index contributed by atoms with van der Waals surface area (Å²) in [6, 6.07) is 5.64. The van der Waals surface area contributed by atoms with Gasteiger partial charge in [0.2, 0.25) is 0 Å². The number of anilines is 1. The molecule has 0 bridgehead atoms. The highest BCUT2D eigenvalue weighted by Crippen LogP contribution is 2.32. The molecule has 5 heteroatoms. The van der Waals surface area contributed by atoms with Gasteiger partial charge in [0.1, 0.15) is 12.1 Å². The summed E-state index contributed by atoms with van der Waals surface area (Å²) >= 11 is 0. The predicted octanol–water partition coefficient (Wildman–Crippen LogP) is 1.76. The van der Waals surface area contributed by atoms with Gasteiger partial charge in [-0.3, -0.25) is 0 Å². The third-order valence-corrected chi connectivity index (χ3v) is 4.37. The molecule has 0 aromatic carbocycles. The van der Waals surface area contributed by atoms with Gasteiger partial charge in [0.05, 0.1) is 0 Å². The van der Waals surface area contributed by atoms with E-state index in [9.17, 15) is 0 Å². The number of hydrogen-bond acceptors (Lipinski definition) is 4. The highest BCUT2D eigenvalue weighted by molar-refractivity contribution is 5.54. The van der Waals surface area contributed by atoms with Gasteiger partial charge in [-0.1, -0.05) is 0 Å². The quantitative estimate of drug-likeness (QED) is 0.920. The largest absolute Gasteiger partial charge is 0.352 e. The van der Waals surface area contributed by atoms with E-state index in [0.29, 0.717) is 12.1 Å². The van der Waals surface area contributed by atoms with Gasteiger partial charge in [-0.15, -0.1) is 0 Å². The van der Waals surface area contributed by atoms with Crippen LogP contribution >= 0.6 is 0 Å². The molecule has 2 aromatic heterocycles. The predicted molar refractivity (Wildman–Crippen MR) is 79.1 cm³/mol. The molecule has 5 nitrogen and oxygen atoms in total. The Kier molecular flexibility index (Phi) is 2.88. The lowest BCUT2D eigenvalue weighted by molar-refractivity contribution is 0.572. The zero-order valence-electron chi connectivity index (χ0n) is 11.9. The van der Waals surface area contributed by atoms with E-state index in [4.69, 9.17) is 0 Å². The molecule has 0 spiro atoms. The number of rotatable bonds is 4. The molecule has 1 saturated carbocycles. The lowest BCUT2D eigenvalue weighted by Crippen LogP contribution is -2.39. The van der Waals surface area contributed by atoms with Crippen molar-refractivity contribution in [2.75, 3.05) is 18.0 Å². The van der Waals surface area contributed by atoms with Crippen LogP contribution in [-0.2, 0) is 0 Å². The monoisotopic (exact) mass is 271 g/mol. The first kappa shape index (κ1) is 12.1. The molecule has 2 aromatic rings. The van der Waals surface area contributed by atoms with Crippen LogP contribution in [0.25, 0.3) is 5.65 Å². The summed E-state index contributed by atoms with van der Waals surface area (Å²) < 4.78 is 1.99. The number of aryl methyl sites for hydroxylation is 1. The molecule has 1 atom stereocenters. The minimum absolute atomic E-state index is 0.620. The van der Waals surface area contributed by atoms with Crippen molar-refractivity contribution in [2.45, 2.75) is 44.7 Å². The zero-order chi connectivity index (χ0) is 13.5. The first-order chi connectivity index (χ1) is 9.81. The van der Waals surface area contributed by atoms with E-state index in [1.54, 1.807) is 6.33 Å². The molecule has 1 unspecified atom stereocenters. The van der Waals surface area contributed by atoms with Crippen LogP contribution in [0.2, 0.25) is 0 Å². The molecule has 1 aliphatic carbocycles. The van der Waals surface area contributed by atoms with Crippen LogP contribution in [0.3, 0.4) is 0 Å². The summed E-state index contributed by atoms with van der Waals surface area (Å²) in [7, 11) is 0. The lowest BCUT2D eigenvalue weighted by Gasteiger charge is -2.28. The van der Waals surface area contributed by atoms with Gasteiger partial charge in [-0.2, -0.15) is 9.61 Å². The Bertz CT molecular complexity index is 610. The molecule has 3 heterocycles. The van der Waals surface area contributed by atoms with Crippen molar-refractivity contribution in [1.29, 1.82) is 0 Å². The van der Waals surface area contributed by atoms with Crippen LogP contribution in [-0.4, -0.2) is 39.8 Å². The molecule has 4 rings (SSSR count). The topological polar surface area (TPSA) is 45.5 Å². The van der Waals surface area contributed by atoms with Crippen LogP contribution in [0.4, 0.5) is 5.82 Å². The summed E-state index contributed by atoms with van der Waals surface area (Å²) in [5.41, 5.74) is 2.20. The van der Waals surface area contributed by atoms with E-state index in [1.165, 1.54) is 37.1 Å². The van der Waals surface area contributed by atoms with Crippen LogP contribution in [0.15, 0.2) is 18.5 Å².